The van der Waals surface area contributed by atoms with Gasteiger partial charge in [-0.3, -0.25) is 13.9 Å². The van der Waals surface area contributed by atoms with Gasteiger partial charge in [-0.1, -0.05) is 17.8 Å². The molecule has 1 unspecified atom stereocenters. The van der Waals surface area contributed by atoms with Crippen LogP contribution in [0.4, 0.5) is 13.2 Å². The molecule has 0 spiro atoms. The maximum absolute atomic E-state index is 13.2. The lowest BCUT2D eigenvalue weighted by molar-refractivity contribution is -0.137. The molecule has 2 N–H and O–H groups in total. The first-order chi connectivity index (χ1) is 13.7. The lowest BCUT2D eigenvalue weighted by atomic mass is 10.1. The van der Waals surface area contributed by atoms with Gasteiger partial charge in [0, 0.05) is 16.4 Å². The first-order valence-corrected chi connectivity index (χ1v) is 9.51. The Labute approximate surface area is 165 Å². The van der Waals surface area contributed by atoms with Gasteiger partial charge in [0.1, 0.15) is 0 Å². The quantitative estimate of drug-likeness (QED) is 0.526. The molecule has 0 fully saturated rings. The molecule has 2 aromatic carbocycles. The highest BCUT2D eigenvalue weighted by Gasteiger charge is 2.33. The molecular weight excluding hydrogens is 409 g/mol. The molecule has 0 saturated heterocycles. The number of benzene rings is 2. The molecule has 0 aliphatic carbocycles. The standard InChI is InChI=1S/C19H15F3N2O4S/c20-19(21,22)10-4-5-14-13(8-10)24-16-12(2-1-3-15(16)29-14)17(27)23(18(24)28)9-11(26)6-7-25/h1-5,8,11,25-26H,6-7,9H2. The van der Waals surface area contributed by atoms with Crippen molar-refractivity contribution in [2.24, 2.45) is 0 Å². The van der Waals surface area contributed by atoms with Crippen molar-refractivity contribution in [3.63, 3.8) is 0 Å². The number of hydrogen-bond donors (Lipinski definition) is 2. The van der Waals surface area contributed by atoms with Crippen LogP contribution in [0.2, 0.25) is 0 Å². The van der Waals surface area contributed by atoms with E-state index in [1.807, 2.05) is 0 Å². The summed E-state index contributed by atoms with van der Waals surface area (Å²) >= 11 is 1.18. The molecule has 29 heavy (non-hydrogen) atoms. The van der Waals surface area contributed by atoms with Crippen molar-refractivity contribution in [3.05, 3.63) is 62.8 Å². The fourth-order valence-electron chi connectivity index (χ4n) is 3.37. The number of aliphatic hydroxyl groups is 2. The Morgan fingerprint density at radius 3 is 2.55 bits per heavy atom. The van der Waals surface area contributed by atoms with Crippen molar-refractivity contribution in [1.82, 2.24) is 9.13 Å². The van der Waals surface area contributed by atoms with Gasteiger partial charge in [-0.15, -0.1) is 0 Å². The van der Waals surface area contributed by atoms with Gasteiger partial charge in [-0.05, 0) is 36.8 Å². The monoisotopic (exact) mass is 424 g/mol. The molecule has 0 amide bonds. The van der Waals surface area contributed by atoms with Crippen molar-refractivity contribution in [1.29, 1.82) is 0 Å². The average molecular weight is 424 g/mol. The van der Waals surface area contributed by atoms with Gasteiger partial charge >= 0.3 is 11.9 Å². The number of nitrogens with zero attached hydrogens (tertiary/aromatic N) is 2. The van der Waals surface area contributed by atoms with E-state index in [1.54, 1.807) is 12.1 Å². The predicted molar refractivity (Wildman–Crippen MR) is 101 cm³/mol. The zero-order chi connectivity index (χ0) is 20.9. The average Bonchev–Trinajstić information content (AvgIpc) is 2.67. The van der Waals surface area contributed by atoms with Crippen molar-refractivity contribution < 1.29 is 23.4 Å². The fraction of sp³-hybridized carbons (Fsp3) is 0.263. The summed E-state index contributed by atoms with van der Waals surface area (Å²) in [6, 6.07) is 7.94. The first-order valence-electron chi connectivity index (χ1n) is 8.69. The summed E-state index contributed by atoms with van der Waals surface area (Å²) in [7, 11) is 0. The Hall–Kier alpha value is -2.56. The van der Waals surface area contributed by atoms with Gasteiger partial charge in [0.25, 0.3) is 5.56 Å². The van der Waals surface area contributed by atoms with E-state index in [1.165, 1.54) is 23.9 Å². The summed E-state index contributed by atoms with van der Waals surface area (Å²) in [5.41, 5.74) is -2.12. The van der Waals surface area contributed by atoms with Crippen LogP contribution >= 0.6 is 11.8 Å². The lowest BCUT2D eigenvalue weighted by Gasteiger charge is -2.24. The SMILES string of the molecule is O=c1c2cccc3c2n(c(=O)n1CC(O)CCO)-c1cc(C(F)(F)F)ccc1S3. The molecule has 0 radical (unpaired) electrons. The minimum atomic E-state index is -4.59. The van der Waals surface area contributed by atoms with Gasteiger partial charge in [0.2, 0.25) is 0 Å². The maximum Gasteiger partial charge on any atom is 0.416 e. The minimum Gasteiger partial charge on any atom is -0.396 e. The Balaban J connectivity index is 2.05. The number of fused-ring (bicyclic) bond motifs is 2. The van der Waals surface area contributed by atoms with Gasteiger partial charge in [0.05, 0.1) is 34.8 Å². The third-order valence-corrected chi connectivity index (χ3v) is 5.84. The maximum atomic E-state index is 13.2. The highest BCUT2D eigenvalue weighted by molar-refractivity contribution is 7.99. The highest BCUT2D eigenvalue weighted by Crippen LogP contribution is 2.43. The van der Waals surface area contributed by atoms with E-state index in [2.05, 4.69) is 0 Å². The van der Waals surface area contributed by atoms with Crippen LogP contribution in [-0.2, 0) is 12.7 Å². The second kappa shape index (κ2) is 7.05. The molecule has 1 atom stereocenters. The van der Waals surface area contributed by atoms with E-state index in [9.17, 15) is 27.9 Å². The molecule has 2 heterocycles. The largest absolute Gasteiger partial charge is 0.416 e. The first kappa shape index (κ1) is 19.7. The summed E-state index contributed by atoms with van der Waals surface area (Å²) in [5, 5.41) is 19.1. The topological polar surface area (TPSA) is 84.5 Å². The van der Waals surface area contributed by atoms with Crippen LogP contribution in [0, 0.1) is 0 Å². The summed E-state index contributed by atoms with van der Waals surface area (Å²) in [5.74, 6) is 0. The van der Waals surface area contributed by atoms with E-state index in [4.69, 9.17) is 5.11 Å². The number of alkyl halides is 3. The third-order valence-electron chi connectivity index (χ3n) is 4.72. The van der Waals surface area contributed by atoms with Gasteiger partial charge in [-0.2, -0.15) is 13.2 Å². The number of hydrogen-bond acceptors (Lipinski definition) is 5. The van der Waals surface area contributed by atoms with Gasteiger partial charge in [0.15, 0.2) is 0 Å². The molecule has 1 aromatic heterocycles. The molecule has 3 aromatic rings. The lowest BCUT2D eigenvalue weighted by Crippen LogP contribution is -2.42. The molecule has 6 nitrogen and oxygen atoms in total. The van der Waals surface area contributed by atoms with Crippen molar-refractivity contribution in [2.75, 3.05) is 6.61 Å². The molecule has 0 bridgehead atoms. The summed E-state index contributed by atoms with van der Waals surface area (Å²) in [6.45, 7) is -0.712. The number of aromatic nitrogens is 2. The van der Waals surface area contributed by atoms with E-state index in [0.29, 0.717) is 9.79 Å². The van der Waals surface area contributed by atoms with Crippen molar-refractivity contribution in [2.45, 2.75) is 35.0 Å². The Kier molecular flexibility index (Phi) is 4.80. The highest BCUT2D eigenvalue weighted by atomic mass is 32.2. The van der Waals surface area contributed by atoms with Crippen LogP contribution in [0.25, 0.3) is 16.6 Å². The number of halogens is 3. The molecule has 4 rings (SSSR count). The smallest absolute Gasteiger partial charge is 0.396 e. The summed E-state index contributed by atoms with van der Waals surface area (Å²) < 4.78 is 41.6. The zero-order valence-electron chi connectivity index (χ0n) is 14.8. The molecular formula is C19H15F3N2O4S. The molecule has 1 aliphatic heterocycles. The van der Waals surface area contributed by atoms with Crippen molar-refractivity contribution >= 4 is 22.7 Å². The normalized spacial score (nSPS) is 14.1. The Morgan fingerprint density at radius 1 is 1.10 bits per heavy atom. The second-order valence-electron chi connectivity index (χ2n) is 6.63. The van der Waals surface area contributed by atoms with Crippen LogP contribution in [0.3, 0.4) is 0 Å². The number of aliphatic hydroxyl groups excluding tert-OH is 2. The number of rotatable bonds is 4. The van der Waals surface area contributed by atoms with Crippen LogP contribution in [0.5, 0.6) is 0 Å². The van der Waals surface area contributed by atoms with Gasteiger partial charge in [-0.25, -0.2) is 4.79 Å². The van der Waals surface area contributed by atoms with Crippen molar-refractivity contribution in [3.8, 4) is 5.69 Å². The predicted octanol–water partition coefficient (Wildman–Crippen LogP) is 2.38. The Morgan fingerprint density at radius 2 is 1.86 bits per heavy atom. The van der Waals surface area contributed by atoms with Crippen LogP contribution in [0.15, 0.2) is 55.8 Å². The van der Waals surface area contributed by atoms with E-state index >= 15 is 0 Å². The molecule has 10 heteroatoms. The summed E-state index contributed by atoms with van der Waals surface area (Å²) in [4.78, 5) is 27.0. The minimum absolute atomic E-state index is 0.0314. The molecule has 152 valence electrons. The molecule has 1 aliphatic rings. The van der Waals surface area contributed by atoms with Crippen LogP contribution in [0.1, 0.15) is 12.0 Å². The molecule has 0 saturated carbocycles. The fourth-order valence-corrected chi connectivity index (χ4v) is 4.44. The summed E-state index contributed by atoms with van der Waals surface area (Å²) in [6.07, 6.45) is -5.79. The second-order valence-corrected chi connectivity index (χ2v) is 7.72. The van der Waals surface area contributed by atoms with Crippen LogP contribution in [-0.4, -0.2) is 32.1 Å². The van der Waals surface area contributed by atoms with Gasteiger partial charge < -0.3 is 10.2 Å². The number of para-hydroxylation sites is 1. The zero-order valence-corrected chi connectivity index (χ0v) is 15.6. The van der Waals surface area contributed by atoms with E-state index in [-0.39, 0.29) is 36.2 Å². The van der Waals surface area contributed by atoms with Crippen LogP contribution < -0.4 is 11.2 Å². The van der Waals surface area contributed by atoms with E-state index < -0.39 is 29.1 Å². The third kappa shape index (κ3) is 3.26. The Bertz CT molecular complexity index is 1230. The van der Waals surface area contributed by atoms with E-state index in [0.717, 1.165) is 21.3 Å².